The van der Waals surface area contributed by atoms with Crippen molar-refractivity contribution in [3.63, 3.8) is 0 Å². The standard InChI is InChI=1S/C10H14N4OS/c1-5-3-6(2)14-10(8(5)9(12)16)13-4-7(11)15/h3H,4H2,1-2H3,(H2,11,15)(H2,12,16)(H,13,14). The smallest absolute Gasteiger partial charge is 0.236 e. The summed E-state index contributed by atoms with van der Waals surface area (Å²) in [7, 11) is 0. The molecule has 0 saturated carbocycles. The van der Waals surface area contributed by atoms with Crippen molar-refractivity contribution in [1.29, 1.82) is 0 Å². The van der Waals surface area contributed by atoms with Gasteiger partial charge < -0.3 is 16.8 Å². The van der Waals surface area contributed by atoms with Crippen LogP contribution in [0.5, 0.6) is 0 Å². The number of rotatable bonds is 4. The Morgan fingerprint density at radius 2 is 2.12 bits per heavy atom. The molecule has 0 atom stereocenters. The average Bonchev–Trinajstić information content (AvgIpc) is 2.12. The number of amides is 1. The molecule has 0 fully saturated rings. The van der Waals surface area contributed by atoms with Crippen molar-refractivity contribution in [2.75, 3.05) is 11.9 Å². The van der Waals surface area contributed by atoms with Crippen molar-refractivity contribution in [1.82, 2.24) is 4.98 Å². The van der Waals surface area contributed by atoms with Gasteiger partial charge in [-0.15, -0.1) is 0 Å². The van der Waals surface area contributed by atoms with E-state index < -0.39 is 5.91 Å². The van der Waals surface area contributed by atoms with E-state index in [4.69, 9.17) is 23.7 Å². The van der Waals surface area contributed by atoms with E-state index in [2.05, 4.69) is 10.3 Å². The van der Waals surface area contributed by atoms with Crippen LogP contribution in [0.2, 0.25) is 0 Å². The van der Waals surface area contributed by atoms with Crippen LogP contribution < -0.4 is 16.8 Å². The summed E-state index contributed by atoms with van der Waals surface area (Å²) in [6.07, 6.45) is 0. The third kappa shape index (κ3) is 2.90. The van der Waals surface area contributed by atoms with Crippen molar-refractivity contribution in [3.8, 4) is 0 Å². The molecule has 0 bridgehead atoms. The van der Waals surface area contributed by atoms with Gasteiger partial charge in [-0.3, -0.25) is 4.79 Å². The molecule has 1 rings (SSSR count). The zero-order valence-corrected chi connectivity index (χ0v) is 10.0. The van der Waals surface area contributed by atoms with E-state index in [0.29, 0.717) is 11.4 Å². The molecule has 0 aromatic carbocycles. The van der Waals surface area contributed by atoms with Crippen molar-refractivity contribution < 1.29 is 4.79 Å². The van der Waals surface area contributed by atoms with Crippen LogP contribution in [0, 0.1) is 13.8 Å². The number of nitrogens with one attached hydrogen (secondary N) is 1. The Labute approximate surface area is 99.2 Å². The summed E-state index contributed by atoms with van der Waals surface area (Å²) in [6.45, 7) is 3.75. The van der Waals surface area contributed by atoms with Gasteiger partial charge in [0.25, 0.3) is 0 Å². The number of aryl methyl sites for hydroxylation is 2. The summed E-state index contributed by atoms with van der Waals surface area (Å²) < 4.78 is 0. The highest BCUT2D eigenvalue weighted by Crippen LogP contribution is 2.18. The van der Waals surface area contributed by atoms with Crippen molar-refractivity contribution in [2.24, 2.45) is 11.5 Å². The molecule has 16 heavy (non-hydrogen) atoms. The molecule has 1 aromatic rings. The van der Waals surface area contributed by atoms with E-state index in [-0.39, 0.29) is 11.5 Å². The van der Waals surface area contributed by atoms with Gasteiger partial charge >= 0.3 is 0 Å². The fourth-order valence-electron chi connectivity index (χ4n) is 1.45. The number of primary amides is 1. The van der Waals surface area contributed by atoms with Crippen LogP contribution in [0.25, 0.3) is 0 Å². The van der Waals surface area contributed by atoms with Crippen LogP contribution in [0.4, 0.5) is 5.82 Å². The molecule has 0 unspecified atom stereocenters. The van der Waals surface area contributed by atoms with Crippen molar-refractivity contribution in [3.05, 3.63) is 22.9 Å². The number of hydrogen-bond acceptors (Lipinski definition) is 4. The number of anilines is 1. The Bertz CT molecular complexity index is 445. The zero-order chi connectivity index (χ0) is 12.3. The second-order valence-electron chi connectivity index (χ2n) is 3.49. The first kappa shape index (κ1) is 12.4. The Morgan fingerprint density at radius 1 is 1.50 bits per heavy atom. The van der Waals surface area contributed by atoms with Crippen LogP contribution in [0.3, 0.4) is 0 Å². The summed E-state index contributed by atoms with van der Waals surface area (Å²) in [5, 5.41) is 2.82. The lowest BCUT2D eigenvalue weighted by Gasteiger charge is -2.12. The first-order chi connectivity index (χ1) is 7.41. The maximum absolute atomic E-state index is 10.7. The highest BCUT2D eigenvalue weighted by Gasteiger charge is 2.11. The van der Waals surface area contributed by atoms with Gasteiger partial charge in [-0.05, 0) is 25.5 Å². The summed E-state index contributed by atoms with van der Waals surface area (Å²) in [5.41, 5.74) is 13.1. The Kier molecular flexibility index (Phi) is 3.78. The number of hydrogen-bond donors (Lipinski definition) is 3. The van der Waals surface area contributed by atoms with Gasteiger partial charge in [0.1, 0.15) is 10.8 Å². The van der Waals surface area contributed by atoms with E-state index in [0.717, 1.165) is 11.3 Å². The minimum atomic E-state index is -0.463. The normalized spacial score (nSPS) is 9.88. The molecule has 5 nitrogen and oxygen atoms in total. The van der Waals surface area contributed by atoms with E-state index in [9.17, 15) is 4.79 Å². The number of nitrogens with two attached hydrogens (primary N) is 2. The van der Waals surface area contributed by atoms with Gasteiger partial charge in [0.2, 0.25) is 5.91 Å². The molecule has 0 saturated heterocycles. The summed E-state index contributed by atoms with van der Waals surface area (Å²) >= 11 is 4.94. The molecule has 86 valence electrons. The quantitative estimate of drug-likeness (QED) is 0.653. The number of carbonyl (C=O) groups is 1. The average molecular weight is 238 g/mol. The van der Waals surface area contributed by atoms with Gasteiger partial charge in [-0.1, -0.05) is 12.2 Å². The highest BCUT2D eigenvalue weighted by atomic mass is 32.1. The van der Waals surface area contributed by atoms with Gasteiger partial charge in [0, 0.05) is 5.69 Å². The second-order valence-corrected chi connectivity index (χ2v) is 3.93. The lowest BCUT2D eigenvalue weighted by atomic mass is 10.1. The molecule has 0 aliphatic heterocycles. The fraction of sp³-hybridized carbons (Fsp3) is 0.300. The Morgan fingerprint density at radius 3 is 2.62 bits per heavy atom. The van der Waals surface area contributed by atoms with E-state index in [1.807, 2.05) is 19.9 Å². The molecule has 6 heteroatoms. The predicted molar refractivity (Wildman–Crippen MR) is 67.3 cm³/mol. The van der Waals surface area contributed by atoms with Gasteiger partial charge in [0.15, 0.2) is 0 Å². The summed E-state index contributed by atoms with van der Waals surface area (Å²) in [4.78, 5) is 15.2. The number of pyridine rings is 1. The summed E-state index contributed by atoms with van der Waals surface area (Å²) in [5.74, 6) is 0.0404. The van der Waals surface area contributed by atoms with Gasteiger partial charge in [-0.2, -0.15) is 0 Å². The molecule has 0 aliphatic carbocycles. The first-order valence-electron chi connectivity index (χ1n) is 4.72. The SMILES string of the molecule is Cc1cc(C)c(C(N)=S)c(NCC(N)=O)n1. The molecule has 0 radical (unpaired) electrons. The molecule has 1 aromatic heterocycles. The minimum Gasteiger partial charge on any atom is -0.389 e. The molecule has 1 amide bonds. The van der Waals surface area contributed by atoms with Crippen LogP contribution in [0.15, 0.2) is 6.07 Å². The maximum Gasteiger partial charge on any atom is 0.236 e. The first-order valence-corrected chi connectivity index (χ1v) is 5.13. The Hall–Kier alpha value is -1.69. The maximum atomic E-state index is 10.7. The number of aromatic nitrogens is 1. The fourth-order valence-corrected chi connectivity index (χ4v) is 1.70. The number of nitrogens with zero attached hydrogens (tertiary/aromatic N) is 1. The van der Waals surface area contributed by atoms with Gasteiger partial charge in [0.05, 0.1) is 12.1 Å². The molecule has 1 heterocycles. The minimum absolute atomic E-state index is 0.00546. The van der Waals surface area contributed by atoms with E-state index in [1.54, 1.807) is 0 Å². The molecule has 5 N–H and O–H groups in total. The molecular formula is C10H14N4OS. The van der Waals surface area contributed by atoms with Crippen LogP contribution >= 0.6 is 12.2 Å². The Balaban J connectivity index is 3.13. The van der Waals surface area contributed by atoms with Crippen molar-refractivity contribution in [2.45, 2.75) is 13.8 Å². The summed E-state index contributed by atoms with van der Waals surface area (Å²) in [6, 6.07) is 1.88. The van der Waals surface area contributed by atoms with Crippen LogP contribution in [0.1, 0.15) is 16.8 Å². The lowest BCUT2D eigenvalue weighted by Crippen LogP contribution is -2.24. The van der Waals surface area contributed by atoms with Crippen LogP contribution in [-0.2, 0) is 4.79 Å². The van der Waals surface area contributed by atoms with Crippen LogP contribution in [-0.4, -0.2) is 22.4 Å². The molecule has 0 spiro atoms. The largest absolute Gasteiger partial charge is 0.389 e. The topological polar surface area (TPSA) is 94.0 Å². The van der Waals surface area contributed by atoms with E-state index in [1.165, 1.54) is 0 Å². The predicted octanol–water partition coefficient (Wildman–Crippen LogP) is 0.230. The van der Waals surface area contributed by atoms with Gasteiger partial charge in [-0.25, -0.2) is 4.98 Å². The highest BCUT2D eigenvalue weighted by molar-refractivity contribution is 7.80. The zero-order valence-electron chi connectivity index (χ0n) is 9.20. The molecular weight excluding hydrogens is 224 g/mol. The van der Waals surface area contributed by atoms with Crippen molar-refractivity contribution >= 4 is 28.9 Å². The second kappa shape index (κ2) is 4.89. The third-order valence-electron chi connectivity index (χ3n) is 2.02. The third-order valence-corrected chi connectivity index (χ3v) is 2.23. The lowest BCUT2D eigenvalue weighted by molar-refractivity contribution is -0.116. The number of thiocarbonyl (C=S) groups is 1. The monoisotopic (exact) mass is 238 g/mol. The molecule has 0 aliphatic rings. The number of carbonyl (C=O) groups excluding carboxylic acids is 1. The van der Waals surface area contributed by atoms with E-state index >= 15 is 0 Å².